The van der Waals surface area contributed by atoms with Crippen LogP contribution >= 0.6 is 11.3 Å². The molecule has 3 rings (SSSR count). The number of rotatable bonds is 6. The number of piperazine rings is 1. The summed E-state index contributed by atoms with van der Waals surface area (Å²) < 4.78 is 16.2. The first kappa shape index (κ1) is 20.4. The molecule has 2 aromatic rings. The molecule has 0 bridgehead atoms. The predicted octanol–water partition coefficient (Wildman–Crippen LogP) is 2.92. The van der Waals surface area contributed by atoms with Crippen molar-refractivity contribution in [2.75, 3.05) is 54.1 Å². The van der Waals surface area contributed by atoms with Crippen LogP contribution in [0.25, 0.3) is 10.6 Å². The Morgan fingerprint density at radius 3 is 2.18 bits per heavy atom. The maximum atomic E-state index is 13.0. The molecule has 0 N–H and O–H groups in total. The minimum atomic E-state index is 0.00296. The fraction of sp³-hybridized carbons (Fsp3) is 0.500. The van der Waals surface area contributed by atoms with Crippen molar-refractivity contribution in [1.29, 1.82) is 0 Å². The SMILES string of the molecule is CCN1CCN(C(=O)c2nc(-c3cc(OC)c(OC)c(OC)c3)sc2C)CC1. The van der Waals surface area contributed by atoms with Gasteiger partial charge in [0.05, 0.1) is 21.3 Å². The van der Waals surface area contributed by atoms with E-state index in [-0.39, 0.29) is 5.91 Å². The molecule has 28 heavy (non-hydrogen) atoms. The molecule has 2 heterocycles. The van der Waals surface area contributed by atoms with Crippen molar-refractivity contribution in [2.24, 2.45) is 0 Å². The lowest BCUT2D eigenvalue weighted by molar-refractivity contribution is 0.0638. The first-order valence-electron chi connectivity index (χ1n) is 9.31. The number of aromatic nitrogens is 1. The molecule has 7 nitrogen and oxygen atoms in total. The quantitative estimate of drug-likeness (QED) is 0.736. The molecule has 0 unspecified atom stereocenters. The van der Waals surface area contributed by atoms with Gasteiger partial charge in [0.15, 0.2) is 11.5 Å². The van der Waals surface area contributed by atoms with E-state index < -0.39 is 0 Å². The summed E-state index contributed by atoms with van der Waals surface area (Å²) in [5, 5.41) is 0.757. The second kappa shape index (κ2) is 8.79. The number of hydrogen-bond donors (Lipinski definition) is 0. The van der Waals surface area contributed by atoms with Gasteiger partial charge in [0.2, 0.25) is 5.75 Å². The van der Waals surface area contributed by atoms with Crippen molar-refractivity contribution in [3.8, 4) is 27.8 Å². The normalized spacial score (nSPS) is 14.8. The number of methoxy groups -OCH3 is 3. The van der Waals surface area contributed by atoms with Gasteiger partial charge in [-0.15, -0.1) is 11.3 Å². The molecular formula is C20H27N3O4S. The van der Waals surface area contributed by atoms with Crippen LogP contribution in [0.4, 0.5) is 0 Å². The van der Waals surface area contributed by atoms with Gasteiger partial charge in [-0.3, -0.25) is 4.79 Å². The highest BCUT2D eigenvalue weighted by Gasteiger charge is 2.26. The number of benzene rings is 1. The van der Waals surface area contributed by atoms with E-state index >= 15 is 0 Å². The minimum absolute atomic E-state index is 0.00296. The Bertz CT molecular complexity index is 819. The van der Waals surface area contributed by atoms with Gasteiger partial charge in [-0.2, -0.15) is 0 Å². The Balaban J connectivity index is 1.89. The third kappa shape index (κ3) is 3.93. The van der Waals surface area contributed by atoms with Gasteiger partial charge in [-0.05, 0) is 25.6 Å². The van der Waals surface area contributed by atoms with E-state index in [9.17, 15) is 4.79 Å². The van der Waals surface area contributed by atoms with E-state index in [2.05, 4.69) is 16.8 Å². The molecule has 1 amide bonds. The highest BCUT2D eigenvalue weighted by atomic mass is 32.1. The second-order valence-corrected chi connectivity index (χ2v) is 7.77. The molecule has 1 aromatic heterocycles. The van der Waals surface area contributed by atoms with Crippen molar-refractivity contribution >= 4 is 17.2 Å². The molecular weight excluding hydrogens is 378 g/mol. The van der Waals surface area contributed by atoms with E-state index in [1.807, 2.05) is 24.0 Å². The number of amides is 1. The molecule has 0 atom stereocenters. The molecule has 1 aromatic carbocycles. The van der Waals surface area contributed by atoms with Crippen molar-refractivity contribution in [1.82, 2.24) is 14.8 Å². The highest BCUT2D eigenvalue weighted by molar-refractivity contribution is 7.15. The molecule has 1 aliphatic heterocycles. The topological polar surface area (TPSA) is 64.1 Å². The van der Waals surface area contributed by atoms with Gasteiger partial charge in [0.25, 0.3) is 5.91 Å². The molecule has 1 saturated heterocycles. The zero-order valence-electron chi connectivity index (χ0n) is 17.1. The van der Waals surface area contributed by atoms with Crippen LogP contribution in [0, 0.1) is 6.92 Å². The average Bonchev–Trinajstić information content (AvgIpc) is 3.13. The third-order valence-corrected chi connectivity index (χ3v) is 6.04. The maximum Gasteiger partial charge on any atom is 0.273 e. The van der Waals surface area contributed by atoms with Crippen LogP contribution in [0.5, 0.6) is 17.2 Å². The van der Waals surface area contributed by atoms with Crippen LogP contribution < -0.4 is 14.2 Å². The Labute approximate surface area is 169 Å². The number of carbonyl (C=O) groups excluding carboxylic acids is 1. The lowest BCUT2D eigenvalue weighted by atomic mass is 10.2. The summed E-state index contributed by atoms with van der Waals surface area (Å²) in [6.45, 7) is 8.39. The average molecular weight is 406 g/mol. The maximum absolute atomic E-state index is 13.0. The standard InChI is InChI=1S/C20H27N3O4S/c1-6-22-7-9-23(10-8-22)20(24)17-13(2)28-19(21-17)14-11-15(25-3)18(27-5)16(12-14)26-4/h11-12H,6-10H2,1-5H3. The molecule has 152 valence electrons. The van der Waals surface area contributed by atoms with Crippen molar-refractivity contribution in [2.45, 2.75) is 13.8 Å². The van der Waals surface area contributed by atoms with Gasteiger partial charge in [0, 0.05) is 36.6 Å². The Morgan fingerprint density at radius 2 is 1.68 bits per heavy atom. The summed E-state index contributed by atoms with van der Waals surface area (Å²) in [5.41, 5.74) is 1.36. The molecule has 8 heteroatoms. The van der Waals surface area contributed by atoms with Gasteiger partial charge in [-0.1, -0.05) is 6.92 Å². The van der Waals surface area contributed by atoms with E-state index in [0.29, 0.717) is 22.9 Å². The van der Waals surface area contributed by atoms with Gasteiger partial charge in [0.1, 0.15) is 10.7 Å². The predicted molar refractivity (Wildman–Crippen MR) is 110 cm³/mol. The zero-order chi connectivity index (χ0) is 20.3. The zero-order valence-corrected chi connectivity index (χ0v) is 17.9. The number of ether oxygens (including phenoxy) is 3. The summed E-state index contributed by atoms with van der Waals surface area (Å²) in [6.07, 6.45) is 0. The first-order chi connectivity index (χ1) is 13.5. The molecule has 0 saturated carbocycles. The van der Waals surface area contributed by atoms with Crippen LogP contribution in [0.2, 0.25) is 0 Å². The number of likely N-dealkylation sites (N-methyl/N-ethyl adjacent to an activating group) is 1. The van der Waals surface area contributed by atoms with Gasteiger partial charge < -0.3 is 24.0 Å². The summed E-state index contributed by atoms with van der Waals surface area (Å²) in [5.74, 6) is 1.66. The third-order valence-electron chi connectivity index (χ3n) is 5.02. The monoisotopic (exact) mass is 405 g/mol. The summed E-state index contributed by atoms with van der Waals surface area (Å²) in [4.78, 5) is 22.8. The lowest BCUT2D eigenvalue weighted by Gasteiger charge is -2.33. The first-order valence-corrected chi connectivity index (χ1v) is 10.1. The number of hydrogen-bond acceptors (Lipinski definition) is 7. The number of nitrogens with zero attached hydrogens (tertiary/aromatic N) is 3. The van der Waals surface area contributed by atoms with Crippen LogP contribution in [0.1, 0.15) is 22.3 Å². The smallest absolute Gasteiger partial charge is 0.273 e. The highest BCUT2D eigenvalue weighted by Crippen LogP contribution is 2.42. The van der Waals surface area contributed by atoms with E-state index in [1.54, 1.807) is 21.3 Å². The molecule has 0 aliphatic carbocycles. The Morgan fingerprint density at radius 1 is 1.07 bits per heavy atom. The van der Waals surface area contributed by atoms with Crippen LogP contribution in [-0.4, -0.2) is 74.7 Å². The Kier molecular flexibility index (Phi) is 6.41. The van der Waals surface area contributed by atoms with E-state index in [0.717, 1.165) is 48.2 Å². The summed E-state index contributed by atoms with van der Waals surface area (Å²) >= 11 is 1.50. The summed E-state index contributed by atoms with van der Waals surface area (Å²) in [7, 11) is 4.74. The van der Waals surface area contributed by atoms with Gasteiger partial charge >= 0.3 is 0 Å². The number of aryl methyl sites for hydroxylation is 1. The Hall–Kier alpha value is -2.32. The molecule has 0 spiro atoms. The number of thiazole rings is 1. The van der Waals surface area contributed by atoms with Crippen molar-refractivity contribution in [3.05, 3.63) is 22.7 Å². The van der Waals surface area contributed by atoms with Crippen molar-refractivity contribution < 1.29 is 19.0 Å². The fourth-order valence-electron chi connectivity index (χ4n) is 3.34. The van der Waals surface area contributed by atoms with Crippen molar-refractivity contribution in [3.63, 3.8) is 0 Å². The fourth-order valence-corrected chi connectivity index (χ4v) is 4.23. The van der Waals surface area contributed by atoms with Crippen LogP contribution in [0.15, 0.2) is 12.1 Å². The molecule has 1 aliphatic rings. The second-order valence-electron chi connectivity index (χ2n) is 6.56. The van der Waals surface area contributed by atoms with E-state index in [4.69, 9.17) is 14.2 Å². The lowest BCUT2D eigenvalue weighted by Crippen LogP contribution is -2.48. The molecule has 1 fully saturated rings. The molecule has 0 radical (unpaired) electrons. The van der Waals surface area contributed by atoms with E-state index in [1.165, 1.54) is 11.3 Å². The number of carbonyl (C=O) groups is 1. The van der Waals surface area contributed by atoms with Crippen LogP contribution in [-0.2, 0) is 0 Å². The van der Waals surface area contributed by atoms with Gasteiger partial charge in [-0.25, -0.2) is 4.98 Å². The largest absolute Gasteiger partial charge is 0.493 e. The van der Waals surface area contributed by atoms with Crippen LogP contribution in [0.3, 0.4) is 0 Å². The summed E-state index contributed by atoms with van der Waals surface area (Å²) in [6, 6.07) is 3.71. The minimum Gasteiger partial charge on any atom is -0.493 e.